The van der Waals surface area contributed by atoms with Crippen molar-refractivity contribution in [3.63, 3.8) is 0 Å². The molecule has 6 nitrogen and oxygen atoms in total. The van der Waals surface area contributed by atoms with Crippen LogP contribution in [0.25, 0.3) is 0 Å². The number of ether oxygens (including phenoxy) is 1. The maximum Gasteiger partial charge on any atom is 0.227 e. The lowest BCUT2D eigenvalue weighted by Crippen LogP contribution is -2.25. The summed E-state index contributed by atoms with van der Waals surface area (Å²) in [6.07, 6.45) is 6.27. The summed E-state index contributed by atoms with van der Waals surface area (Å²) < 4.78 is 5.33. The molecule has 1 aliphatic carbocycles. The van der Waals surface area contributed by atoms with Crippen molar-refractivity contribution >= 4 is 35.6 Å². The molecule has 0 spiro atoms. The summed E-state index contributed by atoms with van der Waals surface area (Å²) in [4.78, 5) is 24.4. The van der Waals surface area contributed by atoms with E-state index in [9.17, 15) is 9.59 Å². The summed E-state index contributed by atoms with van der Waals surface area (Å²) in [5, 5.41) is 5.80. The van der Waals surface area contributed by atoms with Crippen LogP contribution in [-0.2, 0) is 9.59 Å². The fraction of sp³-hybridized carbons (Fsp3) is 0.579. The molecule has 2 amide bonds. The van der Waals surface area contributed by atoms with Gasteiger partial charge in [-0.2, -0.15) is 0 Å². The fourth-order valence-electron chi connectivity index (χ4n) is 3.07. The first-order valence-corrected chi connectivity index (χ1v) is 9.04. The third kappa shape index (κ3) is 6.84. The van der Waals surface area contributed by atoms with Crippen LogP contribution in [-0.4, -0.2) is 25.0 Å². The van der Waals surface area contributed by atoms with Crippen LogP contribution >= 0.6 is 12.4 Å². The monoisotopic (exact) mass is 383 g/mol. The number of anilines is 2. The van der Waals surface area contributed by atoms with Crippen molar-refractivity contribution in [3.05, 3.63) is 18.2 Å². The first-order chi connectivity index (χ1) is 12.0. The molecule has 7 heteroatoms. The zero-order valence-corrected chi connectivity index (χ0v) is 16.4. The predicted molar refractivity (Wildman–Crippen MR) is 107 cm³/mol. The normalized spacial score (nSPS) is 15.5. The summed E-state index contributed by atoms with van der Waals surface area (Å²) in [7, 11) is 1.56. The number of benzene rings is 1. The molecule has 0 saturated heterocycles. The minimum Gasteiger partial charge on any atom is -0.495 e. The second kappa shape index (κ2) is 11.0. The van der Waals surface area contributed by atoms with Gasteiger partial charge < -0.3 is 21.1 Å². The van der Waals surface area contributed by atoms with Crippen molar-refractivity contribution in [1.82, 2.24) is 0 Å². The topological polar surface area (TPSA) is 93.4 Å². The summed E-state index contributed by atoms with van der Waals surface area (Å²) in [5.41, 5.74) is 6.90. The Bertz CT molecular complexity index is 602. The van der Waals surface area contributed by atoms with Crippen LogP contribution in [0.2, 0.25) is 0 Å². The molecule has 1 aromatic rings. The van der Waals surface area contributed by atoms with Crippen molar-refractivity contribution in [3.8, 4) is 5.75 Å². The maximum atomic E-state index is 12.5. The van der Waals surface area contributed by atoms with Crippen LogP contribution in [0.4, 0.5) is 11.4 Å². The van der Waals surface area contributed by atoms with Gasteiger partial charge in [-0.1, -0.05) is 19.3 Å². The van der Waals surface area contributed by atoms with Crippen molar-refractivity contribution in [2.75, 3.05) is 17.7 Å². The highest BCUT2D eigenvalue weighted by molar-refractivity contribution is 5.96. The molecule has 1 aromatic carbocycles. The summed E-state index contributed by atoms with van der Waals surface area (Å²) >= 11 is 0. The molecule has 0 radical (unpaired) electrons. The Morgan fingerprint density at radius 3 is 2.54 bits per heavy atom. The number of hydrogen-bond acceptors (Lipinski definition) is 4. The molecule has 26 heavy (non-hydrogen) atoms. The minimum absolute atomic E-state index is 0. The van der Waals surface area contributed by atoms with Crippen molar-refractivity contribution < 1.29 is 14.3 Å². The third-order valence-electron chi connectivity index (χ3n) is 4.54. The lowest BCUT2D eigenvalue weighted by atomic mass is 9.88. The van der Waals surface area contributed by atoms with Gasteiger partial charge in [-0.3, -0.25) is 9.59 Å². The molecule has 0 aromatic heterocycles. The van der Waals surface area contributed by atoms with Gasteiger partial charge in [-0.25, -0.2) is 0 Å². The molecule has 1 atom stereocenters. The van der Waals surface area contributed by atoms with Crippen molar-refractivity contribution in [2.24, 2.45) is 11.7 Å². The Balaban J connectivity index is 0.00000338. The van der Waals surface area contributed by atoms with E-state index in [4.69, 9.17) is 10.5 Å². The third-order valence-corrected chi connectivity index (χ3v) is 4.54. The highest BCUT2D eigenvalue weighted by atomic mass is 35.5. The second-order valence-electron chi connectivity index (χ2n) is 6.80. The van der Waals surface area contributed by atoms with E-state index in [1.165, 1.54) is 6.42 Å². The average Bonchev–Trinajstić information content (AvgIpc) is 2.61. The van der Waals surface area contributed by atoms with Gasteiger partial charge in [-0.15, -0.1) is 12.4 Å². The number of methoxy groups -OCH3 is 1. The van der Waals surface area contributed by atoms with E-state index in [1.54, 1.807) is 25.3 Å². The molecule has 0 heterocycles. The summed E-state index contributed by atoms with van der Waals surface area (Å²) in [6.45, 7) is 1.87. The van der Waals surface area contributed by atoms with E-state index in [1.807, 2.05) is 6.92 Å². The van der Waals surface area contributed by atoms with E-state index in [0.29, 0.717) is 30.0 Å². The fourth-order valence-corrected chi connectivity index (χ4v) is 3.07. The van der Waals surface area contributed by atoms with Crippen LogP contribution in [0.3, 0.4) is 0 Å². The van der Waals surface area contributed by atoms with Crippen molar-refractivity contribution in [1.29, 1.82) is 0 Å². The minimum atomic E-state index is -0.0907. The number of nitrogens with one attached hydrogen (secondary N) is 2. The van der Waals surface area contributed by atoms with Gasteiger partial charge in [0.25, 0.3) is 0 Å². The molecule has 0 aliphatic heterocycles. The number of nitrogens with two attached hydrogens (primary N) is 1. The van der Waals surface area contributed by atoms with Crippen LogP contribution < -0.4 is 21.1 Å². The number of carbonyl (C=O) groups is 2. The van der Waals surface area contributed by atoms with Crippen LogP contribution in [0.5, 0.6) is 5.75 Å². The zero-order chi connectivity index (χ0) is 18.2. The standard InChI is InChI=1S/C19H29N3O3.ClH/c1-13(20)8-11-18(23)21-15-9-10-17(25-2)16(12-15)22-19(24)14-6-4-3-5-7-14;/h9-10,12-14H,3-8,11,20H2,1-2H3,(H,21,23)(H,22,24);1H. The molecule has 146 valence electrons. The molecular weight excluding hydrogens is 354 g/mol. The van der Waals surface area contributed by atoms with E-state index in [0.717, 1.165) is 25.7 Å². The van der Waals surface area contributed by atoms with E-state index in [-0.39, 0.29) is 36.2 Å². The first kappa shape index (κ1) is 22.3. The first-order valence-electron chi connectivity index (χ1n) is 9.04. The Labute approximate surface area is 161 Å². The maximum absolute atomic E-state index is 12.5. The quantitative estimate of drug-likeness (QED) is 0.669. The average molecular weight is 384 g/mol. The van der Waals surface area contributed by atoms with E-state index < -0.39 is 0 Å². The number of hydrogen-bond donors (Lipinski definition) is 3. The van der Waals surface area contributed by atoms with Gasteiger partial charge in [-0.05, 0) is 44.4 Å². The van der Waals surface area contributed by atoms with Gasteiger partial charge in [0.2, 0.25) is 11.8 Å². The highest BCUT2D eigenvalue weighted by Crippen LogP contribution is 2.30. The van der Waals surface area contributed by atoms with Crippen LogP contribution in [0, 0.1) is 5.92 Å². The van der Waals surface area contributed by atoms with Gasteiger partial charge in [0.05, 0.1) is 12.8 Å². The molecule has 1 saturated carbocycles. The van der Waals surface area contributed by atoms with Gasteiger partial charge in [0.1, 0.15) is 5.75 Å². The SMILES string of the molecule is COc1ccc(NC(=O)CCC(C)N)cc1NC(=O)C1CCCCC1.Cl. The Kier molecular flexibility index (Phi) is 9.44. The number of halogens is 1. The highest BCUT2D eigenvalue weighted by Gasteiger charge is 2.22. The van der Waals surface area contributed by atoms with E-state index >= 15 is 0 Å². The van der Waals surface area contributed by atoms with Gasteiger partial charge in [0, 0.05) is 24.1 Å². The summed E-state index contributed by atoms with van der Waals surface area (Å²) in [5.74, 6) is 0.575. The van der Waals surface area contributed by atoms with Gasteiger partial charge in [0.15, 0.2) is 0 Å². The van der Waals surface area contributed by atoms with E-state index in [2.05, 4.69) is 10.6 Å². The Morgan fingerprint density at radius 1 is 1.23 bits per heavy atom. The second-order valence-corrected chi connectivity index (χ2v) is 6.80. The van der Waals surface area contributed by atoms with Crippen LogP contribution in [0.15, 0.2) is 18.2 Å². The number of carbonyl (C=O) groups excluding carboxylic acids is 2. The number of rotatable bonds is 7. The predicted octanol–water partition coefficient (Wildman–Crippen LogP) is 3.70. The Morgan fingerprint density at radius 2 is 1.92 bits per heavy atom. The van der Waals surface area contributed by atoms with Crippen molar-refractivity contribution in [2.45, 2.75) is 57.9 Å². The van der Waals surface area contributed by atoms with Gasteiger partial charge >= 0.3 is 0 Å². The molecule has 1 unspecified atom stereocenters. The smallest absolute Gasteiger partial charge is 0.227 e. The molecule has 1 fully saturated rings. The zero-order valence-electron chi connectivity index (χ0n) is 15.5. The molecule has 0 bridgehead atoms. The lowest BCUT2D eigenvalue weighted by molar-refractivity contribution is -0.120. The molecular formula is C19H30ClN3O3. The molecule has 2 rings (SSSR count). The largest absolute Gasteiger partial charge is 0.495 e. The number of amides is 2. The lowest BCUT2D eigenvalue weighted by Gasteiger charge is -2.21. The molecule has 1 aliphatic rings. The van der Waals surface area contributed by atoms with Crippen LogP contribution in [0.1, 0.15) is 51.9 Å². The molecule has 4 N–H and O–H groups in total. The Hall–Kier alpha value is -1.79. The summed E-state index contributed by atoms with van der Waals surface area (Å²) in [6, 6.07) is 5.24.